The molecule has 0 rings (SSSR count). The summed E-state index contributed by atoms with van der Waals surface area (Å²) >= 11 is 0. The van der Waals surface area contributed by atoms with Crippen LogP contribution in [0.25, 0.3) is 0 Å². The predicted molar refractivity (Wildman–Crippen MR) is 34.2 cm³/mol. The van der Waals surface area contributed by atoms with Crippen molar-refractivity contribution in [2.75, 3.05) is 0 Å². The molecule has 0 saturated heterocycles. The summed E-state index contributed by atoms with van der Waals surface area (Å²) in [5, 5.41) is 17.2. The summed E-state index contributed by atoms with van der Waals surface area (Å²) in [7, 11) is 0. The highest BCUT2D eigenvalue weighted by molar-refractivity contribution is 5.17. The van der Waals surface area contributed by atoms with Gasteiger partial charge in [0.1, 0.15) is 0 Å². The van der Waals surface area contributed by atoms with Crippen molar-refractivity contribution in [1.29, 1.82) is 5.26 Å². The zero-order valence-corrected chi connectivity index (χ0v) is 5.55. The van der Waals surface area contributed by atoms with E-state index in [1.807, 2.05) is 0 Å². The van der Waals surface area contributed by atoms with E-state index in [1.54, 1.807) is 6.07 Å². The number of nitriles is 1. The predicted octanol–water partition coefficient (Wildman–Crippen LogP) is 0.123. The Balaban J connectivity index is 4.25. The summed E-state index contributed by atoms with van der Waals surface area (Å²) in [5.74, 6) is 0. The summed E-state index contributed by atoms with van der Waals surface area (Å²) in [6.07, 6.45) is 1.12. The molecular formula is C6H10N2O. The van der Waals surface area contributed by atoms with E-state index in [0.717, 1.165) is 6.08 Å². The largest absolute Gasteiger partial charge is 0.399 e. The van der Waals surface area contributed by atoms with E-state index in [9.17, 15) is 0 Å². The fourth-order valence-electron chi connectivity index (χ4n) is 0.246. The fraction of sp³-hybridized carbons (Fsp3) is 0.500. The van der Waals surface area contributed by atoms with Crippen LogP contribution in [0.3, 0.4) is 0 Å². The first-order valence-corrected chi connectivity index (χ1v) is 2.56. The first-order chi connectivity index (χ1) is 3.98. The summed E-state index contributed by atoms with van der Waals surface area (Å²) < 4.78 is 0. The molecule has 3 heteroatoms. The maximum atomic E-state index is 9.07. The van der Waals surface area contributed by atoms with Crippen LogP contribution in [0.15, 0.2) is 11.8 Å². The minimum absolute atomic E-state index is 0.185. The second kappa shape index (κ2) is 2.51. The van der Waals surface area contributed by atoms with Crippen molar-refractivity contribution in [2.24, 2.45) is 5.73 Å². The average molecular weight is 126 g/mol. The Kier molecular flexibility index (Phi) is 2.23. The Morgan fingerprint density at radius 2 is 2.22 bits per heavy atom. The number of hydrogen-bond acceptors (Lipinski definition) is 3. The van der Waals surface area contributed by atoms with Crippen LogP contribution in [0.1, 0.15) is 13.8 Å². The van der Waals surface area contributed by atoms with Crippen molar-refractivity contribution in [3.05, 3.63) is 11.8 Å². The van der Waals surface area contributed by atoms with Gasteiger partial charge in [0.2, 0.25) is 0 Å². The van der Waals surface area contributed by atoms with Gasteiger partial charge in [0, 0.05) is 6.08 Å². The van der Waals surface area contributed by atoms with Crippen LogP contribution in [0.4, 0.5) is 0 Å². The molecule has 0 heterocycles. The molecule has 50 valence electrons. The molecule has 0 bridgehead atoms. The first kappa shape index (κ1) is 7.99. The quantitative estimate of drug-likeness (QED) is 0.490. The van der Waals surface area contributed by atoms with Crippen LogP contribution in [0, 0.1) is 11.3 Å². The number of nitrogens with two attached hydrogens (primary N) is 1. The molecule has 9 heavy (non-hydrogen) atoms. The maximum absolute atomic E-state index is 9.07. The Hall–Kier alpha value is -1.01. The Morgan fingerprint density at radius 3 is 2.33 bits per heavy atom. The van der Waals surface area contributed by atoms with Crippen LogP contribution in [-0.4, -0.2) is 10.7 Å². The number of allylic oxidation sites excluding steroid dienone is 1. The smallest absolute Gasteiger partial charge is 0.0989 e. The molecule has 0 unspecified atom stereocenters. The van der Waals surface area contributed by atoms with Crippen LogP contribution in [-0.2, 0) is 0 Å². The van der Waals surface area contributed by atoms with Crippen molar-refractivity contribution in [3.8, 4) is 6.07 Å². The molecule has 0 radical (unpaired) electrons. The van der Waals surface area contributed by atoms with Crippen molar-refractivity contribution in [3.63, 3.8) is 0 Å². The number of nitrogens with zero attached hydrogens (tertiary/aromatic N) is 1. The lowest BCUT2D eigenvalue weighted by atomic mass is 10.1. The fourth-order valence-corrected chi connectivity index (χ4v) is 0.246. The molecule has 0 saturated carbocycles. The van der Waals surface area contributed by atoms with E-state index in [2.05, 4.69) is 0 Å². The number of rotatable bonds is 1. The molecule has 0 aromatic heterocycles. The molecule has 0 aliphatic rings. The highest BCUT2D eigenvalue weighted by Gasteiger charge is 2.14. The van der Waals surface area contributed by atoms with Gasteiger partial charge in [-0.25, -0.2) is 0 Å². The van der Waals surface area contributed by atoms with Crippen LogP contribution < -0.4 is 5.73 Å². The van der Waals surface area contributed by atoms with Gasteiger partial charge in [-0.3, -0.25) is 0 Å². The monoisotopic (exact) mass is 126 g/mol. The Morgan fingerprint density at radius 1 is 1.78 bits per heavy atom. The summed E-state index contributed by atoms with van der Waals surface area (Å²) in [6, 6.07) is 1.73. The molecule has 0 aromatic rings. The lowest BCUT2D eigenvalue weighted by Gasteiger charge is -2.15. The van der Waals surface area contributed by atoms with E-state index < -0.39 is 5.60 Å². The van der Waals surface area contributed by atoms with Crippen LogP contribution in [0.5, 0.6) is 0 Å². The van der Waals surface area contributed by atoms with Crippen molar-refractivity contribution >= 4 is 0 Å². The van der Waals surface area contributed by atoms with Crippen LogP contribution >= 0.6 is 0 Å². The van der Waals surface area contributed by atoms with E-state index in [4.69, 9.17) is 16.1 Å². The van der Waals surface area contributed by atoms with E-state index in [1.165, 1.54) is 13.8 Å². The van der Waals surface area contributed by atoms with Gasteiger partial charge in [0.15, 0.2) is 0 Å². The zero-order valence-electron chi connectivity index (χ0n) is 5.55. The van der Waals surface area contributed by atoms with Gasteiger partial charge in [-0.15, -0.1) is 0 Å². The minimum atomic E-state index is -1.07. The van der Waals surface area contributed by atoms with Gasteiger partial charge in [-0.1, -0.05) is 0 Å². The highest BCUT2D eigenvalue weighted by Crippen LogP contribution is 2.07. The van der Waals surface area contributed by atoms with Crippen molar-refractivity contribution in [1.82, 2.24) is 0 Å². The number of aliphatic hydroxyl groups is 1. The SMILES string of the molecule is CC(C)(O)/C(N)=C/C#N. The molecule has 3 nitrogen and oxygen atoms in total. The van der Waals surface area contributed by atoms with Crippen molar-refractivity contribution in [2.45, 2.75) is 19.4 Å². The third-order valence-corrected chi connectivity index (χ3v) is 0.927. The molecule has 0 amide bonds. The molecule has 3 N–H and O–H groups in total. The minimum Gasteiger partial charge on any atom is -0.399 e. The van der Waals surface area contributed by atoms with Crippen LogP contribution in [0.2, 0.25) is 0 Å². The first-order valence-electron chi connectivity index (χ1n) is 2.56. The van der Waals surface area contributed by atoms with Gasteiger partial charge in [0.25, 0.3) is 0 Å². The molecule has 0 aliphatic heterocycles. The molecule has 0 fully saturated rings. The standard InChI is InChI=1S/C6H10N2O/c1-6(2,9)5(8)3-4-7/h3,9H,8H2,1-2H3/b5-3-. The molecule has 0 atom stereocenters. The second-order valence-corrected chi connectivity index (χ2v) is 2.29. The molecule has 0 aromatic carbocycles. The zero-order chi connectivity index (χ0) is 7.49. The number of hydrogen-bond donors (Lipinski definition) is 2. The topological polar surface area (TPSA) is 70.0 Å². The third-order valence-electron chi connectivity index (χ3n) is 0.927. The normalized spacial score (nSPS) is 12.9. The Bertz CT molecular complexity index is 159. The second-order valence-electron chi connectivity index (χ2n) is 2.29. The molecule has 0 aliphatic carbocycles. The lowest BCUT2D eigenvalue weighted by molar-refractivity contribution is 0.118. The van der Waals surface area contributed by atoms with Gasteiger partial charge >= 0.3 is 0 Å². The van der Waals surface area contributed by atoms with Gasteiger partial charge < -0.3 is 10.8 Å². The maximum Gasteiger partial charge on any atom is 0.0989 e. The highest BCUT2D eigenvalue weighted by atomic mass is 16.3. The summed E-state index contributed by atoms with van der Waals surface area (Å²) in [5.41, 5.74) is 4.36. The van der Waals surface area contributed by atoms with E-state index in [0.29, 0.717) is 0 Å². The van der Waals surface area contributed by atoms with E-state index >= 15 is 0 Å². The Labute approximate surface area is 54.4 Å². The van der Waals surface area contributed by atoms with Gasteiger partial charge in [0.05, 0.1) is 17.4 Å². The third kappa shape index (κ3) is 2.73. The summed E-state index contributed by atoms with van der Waals surface area (Å²) in [4.78, 5) is 0. The van der Waals surface area contributed by atoms with E-state index in [-0.39, 0.29) is 5.70 Å². The lowest BCUT2D eigenvalue weighted by Crippen LogP contribution is -2.27. The van der Waals surface area contributed by atoms with Gasteiger partial charge in [-0.05, 0) is 13.8 Å². The summed E-state index contributed by atoms with van der Waals surface area (Å²) in [6.45, 7) is 3.05. The van der Waals surface area contributed by atoms with Gasteiger partial charge in [-0.2, -0.15) is 5.26 Å². The van der Waals surface area contributed by atoms with Crippen molar-refractivity contribution < 1.29 is 5.11 Å². The molecular weight excluding hydrogens is 116 g/mol. The molecule has 0 spiro atoms. The average Bonchev–Trinajstić information content (AvgIpc) is 1.64.